The first-order chi connectivity index (χ1) is 7.52. The van der Waals surface area contributed by atoms with Crippen LogP contribution in [0.25, 0.3) is 0 Å². The Bertz CT molecular complexity index is 405. The Hall–Kier alpha value is -2.51. The highest BCUT2D eigenvalue weighted by atomic mass is 16.7. The molecule has 8 heteroatoms. The summed E-state index contributed by atoms with van der Waals surface area (Å²) in [5.41, 5.74) is 0.265. The molecular formula is C8H7N3O5. The number of hydrogen-bond donors (Lipinski definition) is 1. The van der Waals surface area contributed by atoms with Gasteiger partial charge in [-0.2, -0.15) is 0 Å². The summed E-state index contributed by atoms with van der Waals surface area (Å²) in [6, 6.07) is 7.78. The van der Waals surface area contributed by atoms with E-state index in [2.05, 4.69) is 5.32 Å². The fourth-order valence-corrected chi connectivity index (χ4v) is 0.997. The van der Waals surface area contributed by atoms with E-state index in [0.29, 0.717) is 0 Å². The molecule has 1 rings (SSSR count). The SMILES string of the molecule is O=C(Nc1ccccc1)C([N+](=O)[O-])[N+](=O)[O-]. The molecule has 0 bridgehead atoms. The first-order valence-electron chi connectivity index (χ1n) is 4.15. The Morgan fingerprint density at radius 1 is 1.12 bits per heavy atom. The number of benzene rings is 1. The van der Waals surface area contributed by atoms with Crippen LogP contribution in [0.3, 0.4) is 0 Å². The van der Waals surface area contributed by atoms with Gasteiger partial charge in [0.1, 0.15) is 9.85 Å². The Labute approximate surface area is 89.2 Å². The first-order valence-corrected chi connectivity index (χ1v) is 4.15. The highest BCUT2D eigenvalue weighted by Crippen LogP contribution is 2.06. The van der Waals surface area contributed by atoms with E-state index in [9.17, 15) is 25.0 Å². The third-order valence-corrected chi connectivity index (χ3v) is 1.68. The number of nitrogens with zero attached hydrogens (tertiary/aromatic N) is 2. The molecule has 1 aromatic rings. The van der Waals surface area contributed by atoms with E-state index in [4.69, 9.17) is 0 Å². The summed E-state index contributed by atoms with van der Waals surface area (Å²) in [6.07, 6.45) is -2.49. The summed E-state index contributed by atoms with van der Waals surface area (Å²) in [6.45, 7) is 0. The molecule has 1 N–H and O–H groups in total. The average molecular weight is 225 g/mol. The van der Waals surface area contributed by atoms with Crippen molar-refractivity contribution in [1.29, 1.82) is 0 Å². The van der Waals surface area contributed by atoms with Crippen molar-refractivity contribution in [3.05, 3.63) is 50.6 Å². The van der Waals surface area contributed by atoms with Crippen LogP contribution in [-0.4, -0.2) is 21.9 Å². The zero-order chi connectivity index (χ0) is 12.1. The Balaban J connectivity index is 2.78. The van der Waals surface area contributed by atoms with Gasteiger partial charge in [0, 0.05) is 5.69 Å². The second kappa shape index (κ2) is 4.82. The van der Waals surface area contributed by atoms with Crippen LogP contribution in [0.1, 0.15) is 0 Å². The van der Waals surface area contributed by atoms with E-state index >= 15 is 0 Å². The molecule has 0 aliphatic carbocycles. The van der Waals surface area contributed by atoms with Gasteiger partial charge in [-0.25, -0.2) is 0 Å². The molecule has 0 unspecified atom stereocenters. The number of nitrogens with one attached hydrogen (secondary N) is 1. The lowest BCUT2D eigenvalue weighted by Crippen LogP contribution is -2.40. The minimum absolute atomic E-state index is 0.265. The standard InChI is InChI=1S/C8H7N3O5/c12-7(8(10(13)14)11(15)16)9-6-4-2-1-3-5-6/h1-5,8H,(H,9,12). The van der Waals surface area contributed by atoms with Gasteiger partial charge in [0.25, 0.3) is 0 Å². The lowest BCUT2D eigenvalue weighted by atomic mass is 10.3. The molecule has 16 heavy (non-hydrogen) atoms. The summed E-state index contributed by atoms with van der Waals surface area (Å²) >= 11 is 0. The van der Waals surface area contributed by atoms with Gasteiger partial charge in [-0.1, -0.05) is 18.2 Å². The van der Waals surface area contributed by atoms with Crippen molar-refractivity contribution in [1.82, 2.24) is 0 Å². The smallest absolute Gasteiger partial charge is 0.314 e. The molecule has 0 fully saturated rings. The molecule has 1 amide bonds. The monoisotopic (exact) mass is 225 g/mol. The third kappa shape index (κ3) is 2.74. The summed E-state index contributed by atoms with van der Waals surface area (Å²) in [5.74, 6) is -1.28. The maximum atomic E-state index is 11.2. The predicted molar refractivity (Wildman–Crippen MR) is 52.8 cm³/mol. The second-order valence-corrected chi connectivity index (χ2v) is 2.80. The molecule has 0 saturated carbocycles. The van der Waals surface area contributed by atoms with E-state index < -0.39 is 21.9 Å². The van der Waals surface area contributed by atoms with Gasteiger partial charge < -0.3 is 5.32 Å². The fourth-order valence-electron chi connectivity index (χ4n) is 0.997. The quantitative estimate of drug-likeness (QED) is 0.455. The van der Waals surface area contributed by atoms with Crippen molar-refractivity contribution >= 4 is 11.6 Å². The Morgan fingerprint density at radius 2 is 1.62 bits per heavy atom. The largest absolute Gasteiger partial charge is 0.527 e. The maximum absolute atomic E-state index is 11.2. The van der Waals surface area contributed by atoms with Gasteiger partial charge in [-0.05, 0) is 12.1 Å². The predicted octanol–water partition coefficient (Wildman–Crippen LogP) is 0.505. The van der Waals surface area contributed by atoms with Crippen LogP contribution in [0.5, 0.6) is 0 Å². The number of nitro groups is 2. The second-order valence-electron chi connectivity index (χ2n) is 2.80. The molecule has 1 aromatic carbocycles. The van der Waals surface area contributed by atoms with Gasteiger partial charge in [-0.15, -0.1) is 0 Å². The van der Waals surface area contributed by atoms with Crippen LogP contribution in [0.2, 0.25) is 0 Å². The summed E-state index contributed by atoms with van der Waals surface area (Å²) in [4.78, 5) is 29.2. The normalized spacial score (nSPS) is 9.81. The van der Waals surface area contributed by atoms with E-state index in [-0.39, 0.29) is 5.69 Å². The number of hydrogen-bond acceptors (Lipinski definition) is 5. The number of carbonyl (C=O) groups is 1. The number of carbonyl (C=O) groups excluding carboxylic acids is 1. The average Bonchev–Trinajstić information content (AvgIpc) is 2.17. The molecule has 0 atom stereocenters. The molecule has 0 aliphatic rings. The molecule has 8 nitrogen and oxygen atoms in total. The highest BCUT2D eigenvalue weighted by molar-refractivity contribution is 5.92. The number of rotatable bonds is 4. The first kappa shape index (κ1) is 11.6. The molecule has 0 aromatic heterocycles. The molecule has 0 aliphatic heterocycles. The third-order valence-electron chi connectivity index (χ3n) is 1.68. The maximum Gasteiger partial charge on any atom is 0.527 e. The van der Waals surface area contributed by atoms with Gasteiger partial charge in [-0.3, -0.25) is 25.0 Å². The van der Waals surface area contributed by atoms with Crippen LogP contribution in [0, 0.1) is 20.2 Å². The Kier molecular flexibility index (Phi) is 3.49. The minimum atomic E-state index is -2.49. The van der Waals surface area contributed by atoms with Crippen molar-refractivity contribution in [3.8, 4) is 0 Å². The molecular weight excluding hydrogens is 218 g/mol. The van der Waals surface area contributed by atoms with Gasteiger partial charge in [0.2, 0.25) is 0 Å². The summed E-state index contributed by atoms with van der Waals surface area (Å²) < 4.78 is 0. The van der Waals surface area contributed by atoms with Crippen LogP contribution in [-0.2, 0) is 4.79 Å². The van der Waals surface area contributed by atoms with Crippen molar-refractivity contribution in [2.75, 3.05) is 5.32 Å². The van der Waals surface area contributed by atoms with Crippen LogP contribution < -0.4 is 5.32 Å². The molecule has 0 saturated heterocycles. The fraction of sp³-hybridized carbons (Fsp3) is 0.125. The summed E-state index contributed by atoms with van der Waals surface area (Å²) in [5, 5.41) is 22.6. The lowest BCUT2D eigenvalue weighted by Gasteiger charge is -2.03. The van der Waals surface area contributed by atoms with E-state index in [1.54, 1.807) is 18.2 Å². The van der Waals surface area contributed by atoms with Crippen LogP contribution in [0.4, 0.5) is 5.69 Å². The molecule has 84 valence electrons. The van der Waals surface area contributed by atoms with Crippen LogP contribution in [0.15, 0.2) is 30.3 Å². The highest BCUT2D eigenvalue weighted by Gasteiger charge is 2.41. The van der Waals surface area contributed by atoms with Crippen molar-refractivity contribution in [2.45, 2.75) is 6.17 Å². The van der Waals surface area contributed by atoms with Crippen molar-refractivity contribution < 1.29 is 14.6 Å². The zero-order valence-corrected chi connectivity index (χ0v) is 7.90. The number of para-hydroxylation sites is 1. The van der Waals surface area contributed by atoms with Gasteiger partial charge in [0.05, 0.1) is 0 Å². The number of anilines is 1. The Morgan fingerprint density at radius 3 is 2.06 bits per heavy atom. The topological polar surface area (TPSA) is 115 Å². The van der Waals surface area contributed by atoms with Crippen molar-refractivity contribution in [3.63, 3.8) is 0 Å². The van der Waals surface area contributed by atoms with E-state index in [1.807, 2.05) is 0 Å². The van der Waals surface area contributed by atoms with Crippen molar-refractivity contribution in [2.24, 2.45) is 0 Å². The minimum Gasteiger partial charge on any atom is -0.314 e. The molecule has 0 radical (unpaired) electrons. The number of amides is 1. The zero-order valence-electron chi connectivity index (χ0n) is 7.90. The van der Waals surface area contributed by atoms with Gasteiger partial charge in [0.15, 0.2) is 0 Å². The molecule has 0 heterocycles. The summed E-state index contributed by atoms with van der Waals surface area (Å²) in [7, 11) is 0. The van der Waals surface area contributed by atoms with Crippen LogP contribution >= 0.6 is 0 Å². The molecule has 0 spiro atoms. The van der Waals surface area contributed by atoms with E-state index in [1.165, 1.54) is 12.1 Å². The van der Waals surface area contributed by atoms with Gasteiger partial charge >= 0.3 is 12.1 Å². The lowest BCUT2D eigenvalue weighted by molar-refractivity contribution is -0.722. The van der Waals surface area contributed by atoms with E-state index in [0.717, 1.165) is 0 Å².